The first-order valence-electron chi connectivity index (χ1n) is 7.93. The van der Waals surface area contributed by atoms with Crippen molar-refractivity contribution >= 4 is 16.0 Å². The Hall–Kier alpha value is -2.00. The second kappa shape index (κ2) is 7.27. The summed E-state index contributed by atoms with van der Waals surface area (Å²) in [7, 11) is -2.02. The molecular weight excluding hydrogens is 330 g/mol. The Morgan fingerprint density at radius 2 is 2.21 bits per heavy atom. The summed E-state index contributed by atoms with van der Waals surface area (Å²) in [5.41, 5.74) is 0.705. The predicted octanol–water partition coefficient (Wildman–Crippen LogP) is 1.61. The monoisotopic (exact) mass is 351 g/mol. The summed E-state index contributed by atoms with van der Waals surface area (Å²) in [5.74, 6) is 0.253. The average molecular weight is 351 g/mol. The van der Waals surface area contributed by atoms with Crippen molar-refractivity contribution in [3.8, 4) is 5.69 Å². The van der Waals surface area contributed by atoms with E-state index >= 15 is 0 Å². The van der Waals surface area contributed by atoms with Crippen LogP contribution in [0.4, 0.5) is 5.95 Å². The lowest BCUT2D eigenvalue weighted by molar-refractivity contribution is 0.0718. The van der Waals surface area contributed by atoms with Crippen molar-refractivity contribution < 1.29 is 13.2 Å². The van der Waals surface area contributed by atoms with Gasteiger partial charge in [-0.05, 0) is 30.9 Å². The van der Waals surface area contributed by atoms with Crippen LogP contribution in [0, 0.1) is 5.92 Å². The number of ether oxygens (including phenoxy) is 1. The van der Waals surface area contributed by atoms with E-state index in [1.165, 1.54) is 11.0 Å². The van der Waals surface area contributed by atoms with Gasteiger partial charge in [-0.25, -0.2) is 17.8 Å². The van der Waals surface area contributed by atoms with E-state index in [0.717, 1.165) is 25.7 Å². The third-order valence-electron chi connectivity index (χ3n) is 4.26. The molecule has 24 heavy (non-hydrogen) atoms. The molecule has 0 radical (unpaired) electrons. The zero-order chi connectivity index (χ0) is 17.0. The van der Waals surface area contributed by atoms with Gasteiger partial charge >= 0.3 is 0 Å². The molecule has 1 fully saturated rings. The Kier molecular flexibility index (Phi) is 5.10. The van der Waals surface area contributed by atoms with E-state index in [9.17, 15) is 8.42 Å². The summed E-state index contributed by atoms with van der Waals surface area (Å²) < 4.78 is 34.1. The van der Waals surface area contributed by atoms with Gasteiger partial charge in [0.2, 0.25) is 10.0 Å². The van der Waals surface area contributed by atoms with Crippen molar-refractivity contribution in [2.75, 3.05) is 17.6 Å². The number of methoxy groups -OCH3 is 1. The number of sulfonamides is 1. The molecule has 2 aromatic rings. The molecule has 1 aliphatic rings. The molecule has 2 heterocycles. The molecule has 130 valence electrons. The molecule has 0 aromatic carbocycles. The van der Waals surface area contributed by atoms with E-state index < -0.39 is 10.0 Å². The molecule has 1 atom stereocenters. The van der Waals surface area contributed by atoms with Crippen molar-refractivity contribution in [1.29, 1.82) is 0 Å². The summed E-state index contributed by atoms with van der Waals surface area (Å²) in [6.07, 6.45) is 8.71. The molecule has 9 heteroatoms. The molecule has 0 spiro atoms. The first-order valence-corrected chi connectivity index (χ1v) is 9.58. The number of hydrogen-bond acceptors (Lipinski definition) is 6. The van der Waals surface area contributed by atoms with E-state index in [2.05, 4.69) is 19.8 Å². The van der Waals surface area contributed by atoms with E-state index in [1.807, 2.05) is 0 Å². The summed E-state index contributed by atoms with van der Waals surface area (Å²) in [6, 6.07) is 3.58. The molecule has 0 aliphatic heterocycles. The lowest BCUT2D eigenvalue weighted by Gasteiger charge is -2.21. The number of nitrogens with one attached hydrogen (secondary N) is 1. The van der Waals surface area contributed by atoms with E-state index in [4.69, 9.17) is 4.74 Å². The van der Waals surface area contributed by atoms with Gasteiger partial charge in [0.05, 0.1) is 23.7 Å². The first-order chi connectivity index (χ1) is 11.6. The van der Waals surface area contributed by atoms with Crippen LogP contribution in [-0.2, 0) is 14.8 Å². The minimum Gasteiger partial charge on any atom is -0.380 e. The average Bonchev–Trinajstić information content (AvgIpc) is 3.25. The molecule has 8 nitrogen and oxygen atoms in total. The van der Waals surface area contributed by atoms with Gasteiger partial charge in [0.1, 0.15) is 6.33 Å². The van der Waals surface area contributed by atoms with Gasteiger partial charge in [-0.1, -0.05) is 12.8 Å². The van der Waals surface area contributed by atoms with Gasteiger partial charge in [-0.3, -0.25) is 4.98 Å². The van der Waals surface area contributed by atoms with Gasteiger partial charge in [-0.2, -0.15) is 4.98 Å². The molecule has 1 N–H and O–H groups in total. The maximum Gasteiger partial charge on any atom is 0.256 e. The quantitative estimate of drug-likeness (QED) is 0.813. The van der Waals surface area contributed by atoms with Gasteiger partial charge in [-0.15, -0.1) is 5.10 Å². The second-order valence-corrected chi connectivity index (χ2v) is 7.69. The lowest BCUT2D eigenvalue weighted by atomic mass is 10.0. The van der Waals surface area contributed by atoms with E-state index in [1.54, 1.807) is 31.6 Å². The number of aromatic nitrogens is 4. The topological polar surface area (TPSA) is 99.0 Å². The van der Waals surface area contributed by atoms with Crippen LogP contribution in [0.2, 0.25) is 0 Å². The summed E-state index contributed by atoms with van der Waals surface area (Å²) in [6.45, 7) is 0. The Balaban J connectivity index is 1.67. The highest BCUT2D eigenvalue weighted by Crippen LogP contribution is 2.29. The molecule has 0 saturated heterocycles. The SMILES string of the molecule is COC(CS(=O)(=O)Nc1ncn(-c2cccnc2)n1)C1CCCC1. The number of nitrogens with zero attached hydrogens (tertiary/aromatic N) is 4. The summed E-state index contributed by atoms with van der Waals surface area (Å²) >= 11 is 0. The fourth-order valence-electron chi connectivity index (χ4n) is 3.05. The summed E-state index contributed by atoms with van der Waals surface area (Å²) in [4.78, 5) is 8.00. The number of anilines is 1. The number of hydrogen-bond donors (Lipinski definition) is 1. The first kappa shape index (κ1) is 16.8. The molecule has 2 aromatic heterocycles. The van der Waals surface area contributed by atoms with Gasteiger partial charge in [0, 0.05) is 13.3 Å². The Labute approximate surface area is 141 Å². The highest BCUT2D eigenvalue weighted by Gasteiger charge is 2.29. The van der Waals surface area contributed by atoms with Crippen molar-refractivity contribution in [1.82, 2.24) is 19.7 Å². The molecule has 1 saturated carbocycles. The van der Waals surface area contributed by atoms with Gasteiger partial charge in [0.25, 0.3) is 5.95 Å². The zero-order valence-electron chi connectivity index (χ0n) is 13.5. The van der Waals surface area contributed by atoms with Crippen molar-refractivity contribution in [2.24, 2.45) is 5.92 Å². The molecule has 1 aliphatic carbocycles. The van der Waals surface area contributed by atoms with Crippen molar-refractivity contribution in [2.45, 2.75) is 31.8 Å². The van der Waals surface area contributed by atoms with Gasteiger partial charge in [0.15, 0.2) is 0 Å². The highest BCUT2D eigenvalue weighted by atomic mass is 32.2. The lowest BCUT2D eigenvalue weighted by Crippen LogP contribution is -2.32. The maximum absolute atomic E-state index is 12.4. The van der Waals surface area contributed by atoms with E-state index in [0.29, 0.717) is 11.6 Å². The Morgan fingerprint density at radius 1 is 1.42 bits per heavy atom. The van der Waals surface area contributed by atoms with Crippen molar-refractivity contribution in [3.63, 3.8) is 0 Å². The Morgan fingerprint density at radius 3 is 2.88 bits per heavy atom. The molecule has 3 rings (SSSR count). The van der Waals surface area contributed by atoms with Crippen LogP contribution in [0.25, 0.3) is 5.69 Å². The largest absolute Gasteiger partial charge is 0.380 e. The minimum absolute atomic E-state index is 0.0418. The summed E-state index contributed by atoms with van der Waals surface area (Å²) in [5, 5.41) is 4.13. The van der Waals surface area contributed by atoms with Crippen LogP contribution in [0.1, 0.15) is 25.7 Å². The molecule has 1 unspecified atom stereocenters. The zero-order valence-corrected chi connectivity index (χ0v) is 14.3. The van der Waals surface area contributed by atoms with Crippen LogP contribution < -0.4 is 4.72 Å². The predicted molar refractivity (Wildman–Crippen MR) is 89.3 cm³/mol. The second-order valence-electron chi connectivity index (χ2n) is 5.93. The standard InChI is InChI=1S/C15H21N5O3S/c1-23-14(12-5-2-3-6-12)10-24(21,22)19-15-17-11-20(18-15)13-7-4-8-16-9-13/h4,7-9,11-12,14H,2-3,5-6,10H2,1H3,(H,18,19). The molecular formula is C15H21N5O3S. The molecule has 0 bridgehead atoms. The smallest absolute Gasteiger partial charge is 0.256 e. The van der Waals surface area contributed by atoms with Crippen LogP contribution in [0.5, 0.6) is 0 Å². The van der Waals surface area contributed by atoms with Crippen molar-refractivity contribution in [3.05, 3.63) is 30.9 Å². The van der Waals surface area contributed by atoms with E-state index in [-0.39, 0.29) is 17.8 Å². The normalized spacial score (nSPS) is 17.0. The minimum atomic E-state index is -3.58. The van der Waals surface area contributed by atoms with Gasteiger partial charge < -0.3 is 4.74 Å². The number of rotatable bonds is 7. The van der Waals surface area contributed by atoms with Crippen LogP contribution in [0.15, 0.2) is 30.9 Å². The third kappa shape index (κ3) is 4.09. The maximum atomic E-state index is 12.4. The highest BCUT2D eigenvalue weighted by molar-refractivity contribution is 7.92. The van der Waals surface area contributed by atoms with Crippen LogP contribution in [0.3, 0.4) is 0 Å². The van der Waals surface area contributed by atoms with Crippen LogP contribution in [-0.4, -0.2) is 47.1 Å². The Bertz CT molecular complexity index is 756. The van der Waals surface area contributed by atoms with Crippen LogP contribution >= 0.6 is 0 Å². The fraction of sp³-hybridized carbons (Fsp3) is 0.533. The molecule has 0 amide bonds. The number of pyridine rings is 1. The third-order valence-corrected chi connectivity index (χ3v) is 5.52. The fourth-order valence-corrected chi connectivity index (χ4v) is 4.34.